The molecule has 0 aliphatic heterocycles. The van der Waals surface area contributed by atoms with Gasteiger partial charge in [0.25, 0.3) is 0 Å². The number of aliphatic hydroxyl groups is 1. The van der Waals surface area contributed by atoms with Crippen molar-refractivity contribution in [2.45, 2.75) is 33.4 Å². The molecule has 1 heterocycles. The number of aromatic nitrogens is 2. The third-order valence-electron chi connectivity index (χ3n) is 2.87. The summed E-state index contributed by atoms with van der Waals surface area (Å²) < 4.78 is 12.0. The van der Waals surface area contributed by atoms with E-state index in [0.717, 1.165) is 11.4 Å². The lowest BCUT2D eigenvalue weighted by Crippen LogP contribution is -2.24. The first kappa shape index (κ1) is 14.2. The molecule has 5 heteroatoms. The second-order valence-electron chi connectivity index (χ2n) is 4.20. The van der Waals surface area contributed by atoms with Gasteiger partial charge in [0.1, 0.15) is 0 Å². The highest BCUT2D eigenvalue weighted by molar-refractivity contribution is 5.22. The van der Waals surface area contributed by atoms with Gasteiger partial charge in [-0.25, -0.2) is 0 Å². The predicted molar refractivity (Wildman–Crippen MR) is 65.1 cm³/mol. The van der Waals surface area contributed by atoms with Gasteiger partial charge in [-0.1, -0.05) is 0 Å². The van der Waals surface area contributed by atoms with Crippen molar-refractivity contribution in [1.29, 1.82) is 0 Å². The molecule has 0 fully saturated rings. The Morgan fingerprint density at radius 2 is 2.00 bits per heavy atom. The molecule has 0 bridgehead atoms. The summed E-state index contributed by atoms with van der Waals surface area (Å²) in [5.74, 6) is 0. The molecule has 1 N–H and O–H groups in total. The van der Waals surface area contributed by atoms with Crippen molar-refractivity contribution in [3.05, 3.63) is 17.0 Å². The Balaban J connectivity index is 2.39. The number of hydrogen-bond donors (Lipinski definition) is 1. The van der Waals surface area contributed by atoms with E-state index in [-0.39, 0.29) is 0 Å². The summed E-state index contributed by atoms with van der Waals surface area (Å²) in [4.78, 5) is 0. The minimum atomic E-state index is -0.538. The van der Waals surface area contributed by atoms with Crippen LogP contribution in [0.25, 0.3) is 0 Å². The molecule has 0 aliphatic carbocycles. The van der Waals surface area contributed by atoms with Crippen LogP contribution in [0.15, 0.2) is 0 Å². The Morgan fingerprint density at radius 3 is 2.53 bits per heavy atom. The van der Waals surface area contributed by atoms with Gasteiger partial charge in [0, 0.05) is 12.8 Å². The van der Waals surface area contributed by atoms with Gasteiger partial charge in [0.15, 0.2) is 0 Å². The molecule has 0 saturated heterocycles. The fourth-order valence-corrected chi connectivity index (χ4v) is 1.58. The van der Waals surface area contributed by atoms with Gasteiger partial charge < -0.3 is 14.6 Å². The van der Waals surface area contributed by atoms with Gasteiger partial charge in [-0.3, -0.25) is 4.68 Å². The van der Waals surface area contributed by atoms with Crippen molar-refractivity contribution in [3.63, 3.8) is 0 Å². The summed E-state index contributed by atoms with van der Waals surface area (Å²) >= 11 is 0. The quantitative estimate of drug-likeness (QED) is 0.720. The minimum absolute atomic E-state index is 0.306. The van der Waals surface area contributed by atoms with Gasteiger partial charge in [-0.15, -0.1) is 0 Å². The molecule has 1 aromatic rings. The number of methoxy groups -OCH3 is 1. The topological polar surface area (TPSA) is 56.5 Å². The number of rotatable bonds is 7. The zero-order valence-corrected chi connectivity index (χ0v) is 11.1. The van der Waals surface area contributed by atoms with Crippen molar-refractivity contribution in [1.82, 2.24) is 9.78 Å². The molecular formula is C12H22N2O3. The molecule has 0 amide bonds. The van der Waals surface area contributed by atoms with Crippen molar-refractivity contribution >= 4 is 0 Å². The maximum Gasteiger partial charge on any atom is 0.0969 e. The van der Waals surface area contributed by atoms with Crippen LogP contribution in [0.2, 0.25) is 0 Å². The van der Waals surface area contributed by atoms with E-state index in [2.05, 4.69) is 5.10 Å². The zero-order valence-electron chi connectivity index (χ0n) is 11.1. The van der Waals surface area contributed by atoms with E-state index in [0.29, 0.717) is 26.4 Å². The lowest BCUT2D eigenvalue weighted by atomic mass is 10.2. The first-order chi connectivity index (χ1) is 8.06. The molecule has 0 saturated carbocycles. The standard InChI is InChI=1S/C12H22N2O3/c1-9-10(2)13-14(11(9)3)7-12(15)8-17-6-5-16-4/h12,15H,5-8H2,1-4H3. The fourth-order valence-electron chi connectivity index (χ4n) is 1.58. The Morgan fingerprint density at radius 1 is 1.29 bits per heavy atom. The molecule has 1 unspecified atom stereocenters. The molecule has 0 radical (unpaired) electrons. The van der Waals surface area contributed by atoms with Crippen LogP contribution in [0.1, 0.15) is 17.0 Å². The van der Waals surface area contributed by atoms with Crippen LogP contribution in [0.4, 0.5) is 0 Å². The molecule has 98 valence electrons. The first-order valence-electron chi connectivity index (χ1n) is 5.81. The maximum atomic E-state index is 9.80. The molecule has 0 aromatic carbocycles. The monoisotopic (exact) mass is 242 g/mol. The average molecular weight is 242 g/mol. The number of ether oxygens (including phenoxy) is 2. The lowest BCUT2D eigenvalue weighted by molar-refractivity contribution is 0.00573. The Labute approximate surface area is 102 Å². The maximum absolute atomic E-state index is 9.80. The third kappa shape index (κ3) is 4.11. The van der Waals surface area contributed by atoms with E-state index in [1.165, 1.54) is 5.56 Å². The normalized spacial score (nSPS) is 13.0. The summed E-state index contributed by atoms with van der Waals surface area (Å²) in [6, 6.07) is 0. The molecule has 0 spiro atoms. The van der Waals surface area contributed by atoms with Gasteiger partial charge in [0.2, 0.25) is 0 Å². The smallest absolute Gasteiger partial charge is 0.0969 e. The molecule has 17 heavy (non-hydrogen) atoms. The second kappa shape index (κ2) is 6.74. The highest BCUT2D eigenvalue weighted by Gasteiger charge is 2.11. The van der Waals surface area contributed by atoms with Crippen LogP contribution in [0, 0.1) is 20.8 Å². The van der Waals surface area contributed by atoms with Crippen LogP contribution < -0.4 is 0 Å². The molecule has 1 atom stereocenters. The summed E-state index contributed by atoms with van der Waals surface area (Å²) in [5, 5.41) is 14.2. The van der Waals surface area contributed by atoms with E-state index < -0.39 is 6.10 Å². The molecule has 5 nitrogen and oxygen atoms in total. The van der Waals surface area contributed by atoms with Crippen LogP contribution in [-0.2, 0) is 16.0 Å². The zero-order chi connectivity index (χ0) is 12.8. The van der Waals surface area contributed by atoms with Crippen molar-refractivity contribution in [3.8, 4) is 0 Å². The molecule has 1 rings (SSSR count). The third-order valence-corrected chi connectivity index (χ3v) is 2.87. The molecular weight excluding hydrogens is 220 g/mol. The minimum Gasteiger partial charge on any atom is -0.389 e. The Hall–Kier alpha value is -0.910. The molecule has 0 aliphatic rings. The van der Waals surface area contributed by atoms with E-state index in [9.17, 15) is 5.11 Å². The van der Waals surface area contributed by atoms with E-state index in [1.54, 1.807) is 7.11 Å². The number of aryl methyl sites for hydroxylation is 1. The van der Waals surface area contributed by atoms with E-state index in [4.69, 9.17) is 9.47 Å². The van der Waals surface area contributed by atoms with Crippen molar-refractivity contribution < 1.29 is 14.6 Å². The fraction of sp³-hybridized carbons (Fsp3) is 0.750. The highest BCUT2D eigenvalue weighted by Crippen LogP contribution is 2.11. The van der Waals surface area contributed by atoms with Gasteiger partial charge in [-0.05, 0) is 26.3 Å². The second-order valence-corrected chi connectivity index (χ2v) is 4.20. The first-order valence-corrected chi connectivity index (χ1v) is 5.81. The summed E-state index contributed by atoms with van der Waals surface area (Å²) in [6.07, 6.45) is -0.538. The Bertz CT molecular complexity index is 350. The summed E-state index contributed by atoms with van der Waals surface area (Å²) in [6.45, 7) is 7.84. The van der Waals surface area contributed by atoms with Crippen molar-refractivity contribution in [2.75, 3.05) is 26.9 Å². The SMILES string of the molecule is COCCOCC(O)Cn1nc(C)c(C)c1C. The predicted octanol–water partition coefficient (Wildman–Crippen LogP) is 0.832. The largest absolute Gasteiger partial charge is 0.389 e. The van der Waals surface area contributed by atoms with Crippen LogP contribution in [-0.4, -0.2) is 47.9 Å². The average Bonchev–Trinajstić information content (AvgIpc) is 2.53. The lowest BCUT2D eigenvalue weighted by Gasteiger charge is -2.12. The van der Waals surface area contributed by atoms with E-state index >= 15 is 0 Å². The summed E-state index contributed by atoms with van der Waals surface area (Å²) in [5.41, 5.74) is 3.28. The van der Waals surface area contributed by atoms with Gasteiger partial charge >= 0.3 is 0 Å². The highest BCUT2D eigenvalue weighted by atomic mass is 16.5. The van der Waals surface area contributed by atoms with Crippen LogP contribution in [0.5, 0.6) is 0 Å². The van der Waals surface area contributed by atoms with Crippen LogP contribution in [0.3, 0.4) is 0 Å². The number of hydrogen-bond acceptors (Lipinski definition) is 4. The Kier molecular flexibility index (Phi) is 5.61. The van der Waals surface area contributed by atoms with Crippen molar-refractivity contribution in [2.24, 2.45) is 0 Å². The van der Waals surface area contributed by atoms with Gasteiger partial charge in [-0.2, -0.15) is 5.10 Å². The van der Waals surface area contributed by atoms with Crippen LogP contribution >= 0.6 is 0 Å². The summed E-state index contributed by atoms with van der Waals surface area (Å²) in [7, 11) is 1.62. The number of aliphatic hydroxyl groups excluding tert-OH is 1. The molecule has 1 aromatic heterocycles. The number of nitrogens with zero attached hydrogens (tertiary/aromatic N) is 2. The van der Waals surface area contributed by atoms with E-state index in [1.807, 2.05) is 25.5 Å². The van der Waals surface area contributed by atoms with Gasteiger partial charge in [0.05, 0.1) is 38.2 Å².